The van der Waals surface area contributed by atoms with E-state index in [-0.39, 0.29) is 11.7 Å². The molecule has 0 aliphatic rings. The molecule has 0 aliphatic carbocycles. The summed E-state index contributed by atoms with van der Waals surface area (Å²) in [5, 5.41) is 31.0. The fraction of sp³-hybridized carbons (Fsp3) is 0.280. The van der Waals surface area contributed by atoms with E-state index < -0.39 is 0 Å². The van der Waals surface area contributed by atoms with Crippen molar-refractivity contribution in [2.45, 2.75) is 45.4 Å². The Bertz CT molecular complexity index is 891. The van der Waals surface area contributed by atoms with Crippen LogP contribution in [-0.4, -0.2) is 15.3 Å². The Kier molecular flexibility index (Phi) is 6.25. The minimum absolute atomic E-state index is 0.186. The Morgan fingerprint density at radius 2 is 1.14 bits per heavy atom. The topological polar surface area (TPSA) is 60.7 Å². The van der Waals surface area contributed by atoms with Crippen LogP contribution in [0.25, 0.3) is 0 Å². The number of rotatable bonds is 7. The summed E-state index contributed by atoms with van der Waals surface area (Å²) in [6.07, 6.45) is 3.48. The van der Waals surface area contributed by atoms with Crippen molar-refractivity contribution in [1.29, 1.82) is 0 Å². The van der Waals surface area contributed by atoms with E-state index >= 15 is 0 Å². The molecule has 3 aromatic rings. The molecule has 3 nitrogen and oxygen atoms in total. The summed E-state index contributed by atoms with van der Waals surface area (Å²) < 4.78 is 0. The molecule has 0 fully saturated rings. The summed E-state index contributed by atoms with van der Waals surface area (Å²) in [7, 11) is 0. The standard InChI is InChI=1S/C25H28O3/c1-3-7-17-15-19(11-13-22(17)26)25(21-9-5-6-10-24(21)28)20-12-14-23(27)18(16-20)8-4-2/h5-6,9-16,25-28H,3-4,7-8H2,1-2H3. The first-order valence-electron chi connectivity index (χ1n) is 9.96. The van der Waals surface area contributed by atoms with Gasteiger partial charge in [-0.25, -0.2) is 0 Å². The molecule has 0 radical (unpaired) electrons. The molecule has 0 bridgehead atoms. The van der Waals surface area contributed by atoms with Crippen LogP contribution in [0.3, 0.4) is 0 Å². The van der Waals surface area contributed by atoms with Gasteiger partial charge in [0.15, 0.2) is 0 Å². The molecule has 3 N–H and O–H groups in total. The first-order valence-corrected chi connectivity index (χ1v) is 9.96. The van der Waals surface area contributed by atoms with Crippen molar-refractivity contribution in [3.63, 3.8) is 0 Å². The number of aromatic hydroxyl groups is 3. The molecule has 0 saturated heterocycles. The maximum Gasteiger partial charge on any atom is 0.119 e. The van der Waals surface area contributed by atoms with Gasteiger partial charge in [0.1, 0.15) is 17.2 Å². The van der Waals surface area contributed by atoms with Crippen LogP contribution < -0.4 is 0 Å². The Hall–Kier alpha value is -2.94. The number of aryl methyl sites for hydroxylation is 2. The van der Waals surface area contributed by atoms with Gasteiger partial charge in [0.2, 0.25) is 0 Å². The Morgan fingerprint density at radius 1 is 0.643 bits per heavy atom. The van der Waals surface area contributed by atoms with Crippen molar-refractivity contribution in [3.05, 3.63) is 88.5 Å². The molecular formula is C25H28O3. The van der Waals surface area contributed by atoms with Crippen molar-refractivity contribution in [1.82, 2.24) is 0 Å². The number of benzene rings is 3. The number of para-hydroxylation sites is 1. The van der Waals surface area contributed by atoms with Crippen LogP contribution >= 0.6 is 0 Å². The van der Waals surface area contributed by atoms with Crippen molar-refractivity contribution < 1.29 is 15.3 Å². The van der Waals surface area contributed by atoms with Crippen molar-refractivity contribution in [2.24, 2.45) is 0 Å². The van der Waals surface area contributed by atoms with Crippen LogP contribution in [-0.2, 0) is 12.8 Å². The number of hydrogen-bond donors (Lipinski definition) is 3. The zero-order valence-electron chi connectivity index (χ0n) is 16.5. The van der Waals surface area contributed by atoms with Crippen LogP contribution in [0.1, 0.15) is 60.4 Å². The van der Waals surface area contributed by atoms with E-state index in [0.717, 1.165) is 53.5 Å². The predicted molar refractivity (Wildman–Crippen MR) is 113 cm³/mol. The van der Waals surface area contributed by atoms with E-state index in [9.17, 15) is 15.3 Å². The van der Waals surface area contributed by atoms with Gasteiger partial charge in [-0.05, 0) is 53.3 Å². The van der Waals surface area contributed by atoms with Crippen LogP contribution in [0, 0.1) is 0 Å². The van der Waals surface area contributed by atoms with Gasteiger partial charge in [0.25, 0.3) is 0 Å². The quantitative estimate of drug-likeness (QED) is 0.451. The average molecular weight is 376 g/mol. The van der Waals surface area contributed by atoms with Crippen molar-refractivity contribution >= 4 is 0 Å². The van der Waals surface area contributed by atoms with Gasteiger partial charge >= 0.3 is 0 Å². The van der Waals surface area contributed by atoms with E-state index in [1.165, 1.54) is 0 Å². The van der Waals surface area contributed by atoms with Gasteiger partial charge in [0, 0.05) is 11.5 Å². The fourth-order valence-corrected chi connectivity index (χ4v) is 3.79. The fourth-order valence-electron chi connectivity index (χ4n) is 3.79. The maximum absolute atomic E-state index is 10.6. The molecule has 0 saturated carbocycles. The highest BCUT2D eigenvalue weighted by molar-refractivity contribution is 5.52. The lowest BCUT2D eigenvalue weighted by molar-refractivity contribution is 0.465. The smallest absolute Gasteiger partial charge is 0.119 e. The van der Waals surface area contributed by atoms with E-state index in [1.807, 2.05) is 42.5 Å². The van der Waals surface area contributed by atoms with E-state index in [0.29, 0.717) is 11.5 Å². The molecule has 3 heteroatoms. The largest absolute Gasteiger partial charge is 0.508 e. The SMILES string of the molecule is CCCc1cc(C(c2ccc(O)c(CCC)c2)c2ccccc2O)ccc1O. The van der Waals surface area contributed by atoms with Crippen LogP contribution in [0.4, 0.5) is 0 Å². The summed E-state index contributed by atoms with van der Waals surface area (Å²) in [6.45, 7) is 4.17. The third kappa shape index (κ3) is 4.14. The lowest BCUT2D eigenvalue weighted by atomic mass is 9.82. The molecule has 146 valence electrons. The van der Waals surface area contributed by atoms with Gasteiger partial charge in [0.05, 0.1) is 0 Å². The van der Waals surface area contributed by atoms with E-state index in [2.05, 4.69) is 13.8 Å². The number of phenolic OH excluding ortho intramolecular Hbond substituents is 3. The number of phenols is 3. The molecule has 0 heterocycles. The summed E-state index contributed by atoms with van der Waals surface area (Å²) >= 11 is 0. The maximum atomic E-state index is 10.6. The first kappa shape index (κ1) is 19.8. The molecule has 3 aromatic carbocycles. The summed E-state index contributed by atoms with van der Waals surface area (Å²) in [6, 6.07) is 18.7. The lowest BCUT2D eigenvalue weighted by Gasteiger charge is -2.22. The molecule has 3 rings (SSSR count). The molecule has 28 heavy (non-hydrogen) atoms. The Morgan fingerprint density at radius 3 is 1.61 bits per heavy atom. The molecule has 0 spiro atoms. The third-order valence-corrected chi connectivity index (χ3v) is 5.16. The van der Waals surface area contributed by atoms with Crippen LogP contribution in [0.5, 0.6) is 17.2 Å². The molecule has 0 amide bonds. The minimum atomic E-state index is -0.186. The van der Waals surface area contributed by atoms with Gasteiger partial charge in [-0.2, -0.15) is 0 Å². The zero-order valence-corrected chi connectivity index (χ0v) is 16.5. The average Bonchev–Trinajstić information content (AvgIpc) is 2.69. The Labute approximate surface area is 166 Å². The molecular weight excluding hydrogens is 348 g/mol. The van der Waals surface area contributed by atoms with Crippen LogP contribution in [0.15, 0.2) is 60.7 Å². The van der Waals surface area contributed by atoms with Crippen molar-refractivity contribution in [3.8, 4) is 17.2 Å². The summed E-state index contributed by atoms with van der Waals surface area (Å²) in [4.78, 5) is 0. The van der Waals surface area contributed by atoms with Crippen LogP contribution in [0.2, 0.25) is 0 Å². The normalized spacial score (nSPS) is 11.1. The Balaban J connectivity index is 2.18. The van der Waals surface area contributed by atoms with Gasteiger partial charge in [-0.1, -0.05) is 69.2 Å². The molecule has 0 unspecified atom stereocenters. The summed E-state index contributed by atoms with van der Waals surface area (Å²) in [5.41, 5.74) is 4.65. The third-order valence-electron chi connectivity index (χ3n) is 5.16. The highest BCUT2D eigenvalue weighted by Gasteiger charge is 2.22. The zero-order chi connectivity index (χ0) is 20.1. The lowest BCUT2D eigenvalue weighted by Crippen LogP contribution is -2.05. The highest BCUT2D eigenvalue weighted by Crippen LogP contribution is 2.39. The minimum Gasteiger partial charge on any atom is -0.508 e. The van der Waals surface area contributed by atoms with Crippen molar-refractivity contribution in [2.75, 3.05) is 0 Å². The first-order chi connectivity index (χ1) is 13.5. The molecule has 0 aromatic heterocycles. The number of hydrogen-bond acceptors (Lipinski definition) is 3. The highest BCUT2D eigenvalue weighted by atomic mass is 16.3. The molecule has 0 aliphatic heterocycles. The predicted octanol–water partition coefficient (Wildman–Crippen LogP) is 5.89. The van der Waals surface area contributed by atoms with Gasteiger partial charge < -0.3 is 15.3 Å². The van der Waals surface area contributed by atoms with E-state index in [4.69, 9.17) is 0 Å². The van der Waals surface area contributed by atoms with Gasteiger partial charge in [-0.15, -0.1) is 0 Å². The van der Waals surface area contributed by atoms with E-state index in [1.54, 1.807) is 18.2 Å². The summed E-state index contributed by atoms with van der Waals surface area (Å²) in [5.74, 6) is 0.661. The monoisotopic (exact) mass is 376 g/mol. The van der Waals surface area contributed by atoms with Gasteiger partial charge in [-0.3, -0.25) is 0 Å². The second-order valence-electron chi connectivity index (χ2n) is 7.27. The molecule has 0 atom stereocenters. The second-order valence-corrected chi connectivity index (χ2v) is 7.27. The second kappa shape index (κ2) is 8.83.